The highest BCUT2D eigenvalue weighted by atomic mass is 28.4. The minimum Gasteiger partial charge on any atom is -0.409 e. The Balaban J connectivity index is 3.40. The van der Waals surface area contributed by atoms with Crippen LogP contribution in [0.4, 0.5) is 0 Å². The highest BCUT2D eigenvalue weighted by molar-refractivity contribution is 6.71. The van der Waals surface area contributed by atoms with Gasteiger partial charge in [0.25, 0.3) is 0 Å². The summed E-state index contributed by atoms with van der Waals surface area (Å²) in [4.78, 5) is 0. The minimum atomic E-state index is -1.88. The summed E-state index contributed by atoms with van der Waals surface area (Å²) in [5, 5.41) is 0. The van der Waals surface area contributed by atoms with Gasteiger partial charge in [0, 0.05) is 6.54 Å². The molecule has 1 rings (SSSR count). The van der Waals surface area contributed by atoms with Gasteiger partial charge in [-0.3, -0.25) is 0 Å². The molecule has 1 aliphatic rings. The predicted octanol–water partition coefficient (Wildman–Crippen LogP) is 4.18. The van der Waals surface area contributed by atoms with Gasteiger partial charge in [0.15, 0.2) is 39.6 Å². The van der Waals surface area contributed by atoms with Crippen molar-refractivity contribution in [2.24, 2.45) is 5.73 Å². The number of ether oxygens (including phenoxy) is 1. The Morgan fingerprint density at radius 1 is 0.571 bits per heavy atom. The molecule has 0 aromatic rings. The first-order valence-corrected chi connectivity index (χ1v) is 24.0. The molecule has 1 fully saturated rings. The van der Waals surface area contributed by atoms with Crippen LogP contribution in [0.2, 0.25) is 78.6 Å². The molecule has 0 aliphatic carbocycles. The van der Waals surface area contributed by atoms with Gasteiger partial charge in [-0.15, -0.1) is 0 Å². The van der Waals surface area contributed by atoms with E-state index in [-0.39, 0.29) is 24.4 Å². The molecule has 0 radical (unpaired) electrons. The summed E-state index contributed by atoms with van der Waals surface area (Å²) in [5.41, 5.74) is 6.13. The molecule has 28 heavy (non-hydrogen) atoms. The minimum absolute atomic E-state index is 0.242. The fourth-order valence-electron chi connectivity index (χ4n) is 3.14. The predicted molar refractivity (Wildman–Crippen MR) is 127 cm³/mol. The van der Waals surface area contributed by atoms with Crippen LogP contribution in [-0.4, -0.2) is 70.5 Å². The number of hydrogen-bond acceptors (Lipinski definition) is 6. The van der Waals surface area contributed by atoms with Crippen molar-refractivity contribution in [3.63, 3.8) is 0 Å². The van der Waals surface area contributed by atoms with Gasteiger partial charge >= 0.3 is 0 Å². The van der Waals surface area contributed by atoms with Gasteiger partial charge in [0.05, 0.1) is 0 Å². The van der Waals surface area contributed by atoms with Gasteiger partial charge in [-0.2, -0.15) is 0 Å². The van der Waals surface area contributed by atoms with E-state index in [0.29, 0.717) is 6.54 Å². The van der Waals surface area contributed by atoms with Gasteiger partial charge in [0.1, 0.15) is 24.4 Å². The third-order valence-electron chi connectivity index (χ3n) is 3.76. The standard InChI is InChI=1S/C18H45NO5Si4/c1-25(2,3)21-15-14(13-19)20-18(24-28(10,11)12)17(23-27(7,8)9)16(15)22-26(4,5)6/h14-18H,13,19H2,1-12H3/t14-,15+,16+,17-,18-/m1/s1. The molecule has 0 amide bonds. The van der Waals surface area contributed by atoms with Crippen molar-refractivity contribution in [1.82, 2.24) is 0 Å². The van der Waals surface area contributed by atoms with Crippen molar-refractivity contribution in [1.29, 1.82) is 0 Å². The molecule has 6 nitrogen and oxygen atoms in total. The van der Waals surface area contributed by atoms with Crippen molar-refractivity contribution < 1.29 is 22.4 Å². The Morgan fingerprint density at radius 2 is 0.929 bits per heavy atom. The zero-order valence-corrected chi connectivity index (χ0v) is 24.2. The van der Waals surface area contributed by atoms with Crippen molar-refractivity contribution >= 4 is 33.3 Å². The summed E-state index contributed by atoms with van der Waals surface area (Å²) in [7, 11) is -7.48. The van der Waals surface area contributed by atoms with Gasteiger partial charge < -0.3 is 28.2 Å². The van der Waals surface area contributed by atoms with Crippen LogP contribution >= 0.6 is 0 Å². The molecule has 0 spiro atoms. The quantitative estimate of drug-likeness (QED) is 0.513. The first-order valence-electron chi connectivity index (χ1n) is 10.4. The Hall–Kier alpha value is 0.628. The second-order valence-corrected chi connectivity index (χ2v) is 29.4. The molecular formula is C18H45NO5Si4. The third-order valence-corrected chi connectivity index (χ3v) is 7.64. The SMILES string of the molecule is C[Si](C)(C)O[C@H]1O[C@H](CN)[C@H](O[Si](C)(C)C)[C@H](O[Si](C)(C)C)[C@H]1O[Si](C)(C)C. The topological polar surface area (TPSA) is 72.2 Å². The summed E-state index contributed by atoms with van der Waals surface area (Å²) in [6.45, 7) is 26.6. The molecule has 2 N–H and O–H groups in total. The highest BCUT2D eigenvalue weighted by Crippen LogP contribution is 2.34. The first-order chi connectivity index (χ1) is 12.3. The molecule has 168 valence electrons. The maximum atomic E-state index is 6.71. The molecule has 0 saturated carbocycles. The second-order valence-electron chi connectivity index (χ2n) is 11.6. The van der Waals surface area contributed by atoms with Gasteiger partial charge in [0.2, 0.25) is 0 Å². The molecule has 1 aliphatic heterocycles. The maximum Gasteiger partial charge on any atom is 0.187 e. The van der Waals surface area contributed by atoms with E-state index in [2.05, 4.69) is 78.6 Å². The zero-order chi connectivity index (χ0) is 22.1. The van der Waals surface area contributed by atoms with E-state index in [1.54, 1.807) is 0 Å². The van der Waals surface area contributed by atoms with Crippen molar-refractivity contribution in [3.8, 4) is 0 Å². The molecule has 5 atom stereocenters. The molecule has 1 heterocycles. The van der Waals surface area contributed by atoms with Crippen LogP contribution in [0.25, 0.3) is 0 Å². The van der Waals surface area contributed by atoms with E-state index in [9.17, 15) is 0 Å². The van der Waals surface area contributed by atoms with Crippen molar-refractivity contribution in [2.45, 2.75) is 109 Å². The van der Waals surface area contributed by atoms with Crippen molar-refractivity contribution in [2.75, 3.05) is 6.54 Å². The lowest BCUT2D eigenvalue weighted by Crippen LogP contribution is -2.67. The van der Waals surface area contributed by atoms with Gasteiger partial charge in [-0.05, 0) is 78.6 Å². The number of rotatable bonds is 9. The Morgan fingerprint density at radius 3 is 1.29 bits per heavy atom. The molecule has 0 aromatic carbocycles. The maximum absolute atomic E-state index is 6.71. The summed E-state index contributed by atoms with van der Waals surface area (Å²) >= 11 is 0. The lowest BCUT2D eigenvalue weighted by Gasteiger charge is -2.51. The molecule has 1 saturated heterocycles. The first kappa shape index (κ1) is 26.7. The summed E-state index contributed by atoms with van der Waals surface area (Å²) in [6, 6.07) is 0. The van der Waals surface area contributed by atoms with E-state index < -0.39 is 39.6 Å². The van der Waals surface area contributed by atoms with Gasteiger partial charge in [-0.1, -0.05) is 0 Å². The highest BCUT2D eigenvalue weighted by Gasteiger charge is 2.52. The lowest BCUT2D eigenvalue weighted by atomic mass is 9.99. The average molecular weight is 468 g/mol. The van der Waals surface area contributed by atoms with E-state index in [1.165, 1.54) is 0 Å². The lowest BCUT2D eigenvalue weighted by molar-refractivity contribution is -0.261. The fourth-order valence-corrected chi connectivity index (χ4v) is 7.27. The van der Waals surface area contributed by atoms with E-state index in [0.717, 1.165) is 0 Å². The molecule has 10 heteroatoms. The molecule has 0 bridgehead atoms. The zero-order valence-electron chi connectivity index (χ0n) is 20.2. The van der Waals surface area contributed by atoms with Crippen LogP contribution in [0.3, 0.4) is 0 Å². The van der Waals surface area contributed by atoms with Crippen LogP contribution in [0.15, 0.2) is 0 Å². The number of hydrogen-bond donors (Lipinski definition) is 1. The fraction of sp³-hybridized carbons (Fsp3) is 1.00. The van der Waals surface area contributed by atoms with Crippen LogP contribution in [0.5, 0.6) is 0 Å². The monoisotopic (exact) mass is 467 g/mol. The largest absolute Gasteiger partial charge is 0.409 e. The second kappa shape index (κ2) is 9.41. The summed E-state index contributed by atoms with van der Waals surface area (Å²) in [6.07, 6.45) is -1.54. The normalized spacial score (nSPS) is 30.5. The van der Waals surface area contributed by atoms with E-state index >= 15 is 0 Å². The van der Waals surface area contributed by atoms with Crippen LogP contribution in [0.1, 0.15) is 0 Å². The van der Waals surface area contributed by atoms with E-state index in [1.807, 2.05) is 0 Å². The third kappa shape index (κ3) is 9.62. The Bertz CT molecular complexity index is 496. The molecular weight excluding hydrogens is 423 g/mol. The van der Waals surface area contributed by atoms with Crippen LogP contribution < -0.4 is 5.73 Å². The van der Waals surface area contributed by atoms with Gasteiger partial charge in [-0.25, -0.2) is 0 Å². The molecule has 0 aromatic heterocycles. The summed E-state index contributed by atoms with van der Waals surface area (Å²) < 4.78 is 32.8. The smallest absolute Gasteiger partial charge is 0.187 e. The molecule has 0 unspecified atom stereocenters. The van der Waals surface area contributed by atoms with Crippen LogP contribution in [-0.2, 0) is 22.4 Å². The summed E-state index contributed by atoms with van der Waals surface area (Å²) in [5.74, 6) is 0. The average Bonchev–Trinajstić information content (AvgIpc) is 2.39. The number of nitrogens with two attached hydrogens (primary N) is 1. The Labute approximate surface area is 177 Å². The van der Waals surface area contributed by atoms with E-state index in [4.69, 9.17) is 28.2 Å². The van der Waals surface area contributed by atoms with Crippen molar-refractivity contribution in [3.05, 3.63) is 0 Å². The Kier molecular flexibility index (Phi) is 8.96. The van der Waals surface area contributed by atoms with Crippen LogP contribution in [0, 0.1) is 0 Å².